The molecule has 4 rings (SSSR count). The van der Waals surface area contributed by atoms with Crippen LogP contribution in [0.4, 0.5) is 5.13 Å². The summed E-state index contributed by atoms with van der Waals surface area (Å²) in [5, 5.41) is 20.9. The zero-order valence-corrected chi connectivity index (χ0v) is 22.8. The summed E-state index contributed by atoms with van der Waals surface area (Å²) in [6.07, 6.45) is 8.05. The molecule has 1 aliphatic heterocycles. The molecule has 1 fully saturated rings. The Labute approximate surface area is 226 Å². The van der Waals surface area contributed by atoms with E-state index in [9.17, 15) is 23.4 Å². The van der Waals surface area contributed by atoms with Gasteiger partial charge in [-0.3, -0.25) is 4.18 Å². The van der Waals surface area contributed by atoms with Gasteiger partial charge in [-0.15, -0.1) is 0 Å². The lowest BCUT2D eigenvalue weighted by atomic mass is 10.1. The monoisotopic (exact) mass is 558 g/mol. The van der Waals surface area contributed by atoms with Crippen molar-refractivity contribution in [1.29, 1.82) is 0 Å². The van der Waals surface area contributed by atoms with E-state index in [1.807, 2.05) is 6.08 Å². The van der Waals surface area contributed by atoms with E-state index in [-0.39, 0.29) is 22.8 Å². The molecule has 1 saturated heterocycles. The SMILES string of the molecule is Cc1ccc(S(=O)(=O)OCC(C)Oc2cccc(C=Cc3cnc(N4CCCCC4)s3)c2C(=O)O)c(O)c1. The Bertz CT molecular complexity index is 1430. The van der Waals surface area contributed by atoms with E-state index in [4.69, 9.17) is 8.92 Å². The second kappa shape index (κ2) is 12.0. The van der Waals surface area contributed by atoms with Crippen LogP contribution in [0, 0.1) is 6.92 Å². The molecule has 2 N–H and O–H groups in total. The molecular formula is C27H30N2O7S2. The number of phenols is 1. The van der Waals surface area contributed by atoms with E-state index in [0.29, 0.717) is 11.1 Å². The van der Waals surface area contributed by atoms with Gasteiger partial charge in [-0.2, -0.15) is 8.42 Å². The van der Waals surface area contributed by atoms with Crippen LogP contribution < -0.4 is 9.64 Å². The lowest BCUT2D eigenvalue weighted by Crippen LogP contribution is -2.29. The number of carboxylic acid groups (broad SMARTS) is 1. The number of aromatic nitrogens is 1. The fourth-order valence-electron chi connectivity index (χ4n) is 4.11. The number of hydrogen-bond acceptors (Lipinski definition) is 9. The van der Waals surface area contributed by atoms with Crippen LogP contribution in [0.5, 0.6) is 11.5 Å². The Morgan fingerprint density at radius 1 is 1.18 bits per heavy atom. The molecular weight excluding hydrogens is 528 g/mol. The summed E-state index contributed by atoms with van der Waals surface area (Å²) in [5.41, 5.74) is 1.09. The fourth-order valence-corrected chi connectivity index (χ4v) is 6.03. The van der Waals surface area contributed by atoms with Gasteiger partial charge in [-0.1, -0.05) is 35.6 Å². The van der Waals surface area contributed by atoms with E-state index >= 15 is 0 Å². The average Bonchev–Trinajstić information content (AvgIpc) is 3.36. The van der Waals surface area contributed by atoms with Gasteiger partial charge in [0.1, 0.15) is 34.7 Å². The topological polar surface area (TPSA) is 126 Å². The molecule has 202 valence electrons. The number of benzene rings is 2. The molecule has 0 bridgehead atoms. The smallest absolute Gasteiger partial charge is 0.340 e. The van der Waals surface area contributed by atoms with Crippen LogP contribution in [-0.2, 0) is 14.3 Å². The average molecular weight is 559 g/mol. The highest BCUT2D eigenvalue weighted by Crippen LogP contribution is 2.30. The Kier molecular flexibility index (Phi) is 8.70. The summed E-state index contributed by atoms with van der Waals surface area (Å²) in [6.45, 7) is 4.90. The minimum Gasteiger partial charge on any atom is -0.506 e. The van der Waals surface area contributed by atoms with Gasteiger partial charge in [0.05, 0.1) is 0 Å². The highest BCUT2D eigenvalue weighted by molar-refractivity contribution is 7.86. The predicted molar refractivity (Wildman–Crippen MR) is 147 cm³/mol. The quantitative estimate of drug-likeness (QED) is 0.323. The highest BCUT2D eigenvalue weighted by atomic mass is 32.2. The molecule has 2 aromatic carbocycles. The van der Waals surface area contributed by atoms with Gasteiger partial charge >= 0.3 is 16.1 Å². The van der Waals surface area contributed by atoms with Crippen LogP contribution >= 0.6 is 11.3 Å². The van der Waals surface area contributed by atoms with Gasteiger partial charge in [-0.25, -0.2) is 9.78 Å². The van der Waals surface area contributed by atoms with Gasteiger partial charge in [0.15, 0.2) is 5.13 Å². The third kappa shape index (κ3) is 6.72. The lowest BCUT2D eigenvalue weighted by Gasteiger charge is -2.25. The number of aryl methyl sites for hydroxylation is 1. The van der Waals surface area contributed by atoms with Gasteiger partial charge in [0, 0.05) is 24.2 Å². The summed E-state index contributed by atoms with van der Waals surface area (Å²) in [4.78, 5) is 19.5. The number of aromatic carboxylic acids is 1. The Hall–Kier alpha value is -3.41. The van der Waals surface area contributed by atoms with Crippen molar-refractivity contribution in [2.45, 2.75) is 44.1 Å². The lowest BCUT2D eigenvalue weighted by molar-refractivity contribution is 0.0685. The van der Waals surface area contributed by atoms with Crippen LogP contribution in [0.15, 0.2) is 47.5 Å². The standard InChI is InChI=1S/C27H30N2O7S2/c1-18-9-12-24(22(30)15-18)38(33,34)35-17-19(2)36-23-8-6-7-20(25(23)26(31)32)10-11-21-16-28-27(37-21)29-13-4-3-5-14-29/h6-12,15-16,19,30H,3-5,13-14,17H2,1-2H3,(H,31,32). The summed E-state index contributed by atoms with van der Waals surface area (Å²) < 4.78 is 35.9. The third-order valence-corrected chi connectivity index (χ3v) is 8.36. The van der Waals surface area contributed by atoms with Crippen molar-refractivity contribution < 1.29 is 32.3 Å². The molecule has 2 heterocycles. The molecule has 0 amide bonds. The molecule has 1 aliphatic rings. The van der Waals surface area contributed by atoms with Crippen LogP contribution in [0.3, 0.4) is 0 Å². The molecule has 0 radical (unpaired) electrons. The van der Waals surface area contributed by atoms with Gasteiger partial charge in [-0.05, 0) is 68.5 Å². The van der Waals surface area contributed by atoms with Crippen molar-refractivity contribution in [1.82, 2.24) is 4.98 Å². The van der Waals surface area contributed by atoms with E-state index in [0.717, 1.165) is 35.9 Å². The Balaban J connectivity index is 1.46. The van der Waals surface area contributed by atoms with Crippen molar-refractivity contribution >= 4 is 44.7 Å². The van der Waals surface area contributed by atoms with Crippen molar-refractivity contribution in [3.63, 3.8) is 0 Å². The number of thiazole rings is 1. The molecule has 38 heavy (non-hydrogen) atoms. The summed E-state index contributed by atoms with van der Waals surface area (Å²) >= 11 is 1.55. The molecule has 9 nitrogen and oxygen atoms in total. The van der Waals surface area contributed by atoms with E-state index in [2.05, 4.69) is 9.88 Å². The number of phenolic OH excluding ortho intramolecular Hbond substituents is 1. The summed E-state index contributed by atoms with van der Waals surface area (Å²) in [6, 6.07) is 9.00. The molecule has 0 saturated carbocycles. The number of nitrogens with zero attached hydrogens (tertiary/aromatic N) is 2. The second-order valence-electron chi connectivity index (χ2n) is 9.09. The molecule has 11 heteroatoms. The first-order valence-corrected chi connectivity index (χ1v) is 14.5. The number of carboxylic acids is 1. The van der Waals surface area contributed by atoms with E-state index in [1.165, 1.54) is 24.6 Å². The highest BCUT2D eigenvalue weighted by Gasteiger charge is 2.23. The maximum atomic E-state index is 12.5. The fraction of sp³-hybridized carbons (Fsp3) is 0.333. The first kappa shape index (κ1) is 27.6. The normalized spacial score (nSPS) is 15.1. The number of rotatable bonds is 10. The first-order chi connectivity index (χ1) is 18.1. The number of aromatic hydroxyl groups is 1. The van der Waals surface area contributed by atoms with E-state index in [1.54, 1.807) is 55.7 Å². The molecule has 1 aromatic heterocycles. The van der Waals surface area contributed by atoms with Crippen LogP contribution in [0.1, 0.15) is 52.5 Å². The molecule has 0 aliphatic carbocycles. The van der Waals surface area contributed by atoms with Gasteiger partial charge in [0.25, 0.3) is 0 Å². The number of piperidine rings is 1. The number of hydrogen-bond donors (Lipinski definition) is 2. The first-order valence-electron chi connectivity index (χ1n) is 12.2. The van der Waals surface area contributed by atoms with Crippen molar-refractivity contribution in [3.8, 4) is 11.5 Å². The van der Waals surface area contributed by atoms with Gasteiger partial charge < -0.3 is 19.8 Å². The third-order valence-electron chi connectivity index (χ3n) is 6.01. The zero-order chi connectivity index (χ0) is 27.3. The van der Waals surface area contributed by atoms with Crippen molar-refractivity contribution in [2.24, 2.45) is 0 Å². The Morgan fingerprint density at radius 3 is 2.66 bits per heavy atom. The maximum absolute atomic E-state index is 12.5. The molecule has 1 unspecified atom stereocenters. The van der Waals surface area contributed by atoms with Crippen LogP contribution in [0.25, 0.3) is 12.2 Å². The molecule has 0 spiro atoms. The predicted octanol–water partition coefficient (Wildman–Crippen LogP) is 5.19. The Morgan fingerprint density at radius 2 is 1.95 bits per heavy atom. The number of ether oxygens (including phenoxy) is 1. The minimum absolute atomic E-state index is 0.0459. The molecule has 3 aromatic rings. The van der Waals surface area contributed by atoms with Crippen molar-refractivity contribution in [3.05, 3.63) is 64.2 Å². The van der Waals surface area contributed by atoms with Gasteiger partial charge in [0.2, 0.25) is 0 Å². The summed E-state index contributed by atoms with van der Waals surface area (Å²) in [5.74, 6) is -1.50. The maximum Gasteiger partial charge on any atom is 0.340 e. The largest absolute Gasteiger partial charge is 0.506 e. The van der Waals surface area contributed by atoms with Crippen LogP contribution in [-0.4, -0.2) is 55.4 Å². The van der Waals surface area contributed by atoms with Crippen LogP contribution in [0.2, 0.25) is 0 Å². The summed E-state index contributed by atoms with van der Waals surface area (Å²) in [7, 11) is -4.24. The number of anilines is 1. The number of carbonyl (C=O) groups is 1. The van der Waals surface area contributed by atoms with E-state index < -0.39 is 27.9 Å². The minimum atomic E-state index is -4.24. The second-order valence-corrected chi connectivity index (χ2v) is 11.7. The van der Waals surface area contributed by atoms with Crippen molar-refractivity contribution in [2.75, 3.05) is 24.6 Å². The molecule has 1 atom stereocenters. The zero-order valence-electron chi connectivity index (χ0n) is 21.2.